The molecule has 1 aliphatic rings. The minimum Gasteiger partial charge on any atom is -0.348 e. The summed E-state index contributed by atoms with van der Waals surface area (Å²) in [6, 6.07) is 0.714. The van der Waals surface area contributed by atoms with Crippen molar-refractivity contribution in [1.29, 1.82) is 0 Å². The molecule has 1 saturated carbocycles. The largest absolute Gasteiger partial charge is 0.348 e. The van der Waals surface area contributed by atoms with E-state index in [1.165, 1.54) is 6.20 Å². The molecule has 0 atom stereocenters. The Morgan fingerprint density at radius 3 is 2.71 bits per heavy atom. The molecule has 0 radical (unpaired) electrons. The third-order valence-electron chi connectivity index (χ3n) is 3.25. The zero-order valence-corrected chi connectivity index (χ0v) is 10.5. The fourth-order valence-corrected chi connectivity index (χ4v) is 2.91. The summed E-state index contributed by atoms with van der Waals surface area (Å²) >= 11 is 1.13. The first kappa shape index (κ1) is 12.3. The summed E-state index contributed by atoms with van der Waals surface area (Å²) in [5.74, 6) is 0. The van der Waals surface area contributed by atoms with Gasteiger partial charge in [0.15, 0.2) is 5.13 Å². The summed E-state index contributed by atoms with van der Waals surface area (Å²) < 4.78 is 0. The fourth-order valence-electron chi connectivity index (χ4n) is 2.15. The third kappa shape index (κ3) is 2.73. The van der Waals surface area contributed by atoms with Crippen LogP contribution < -0.4 is 10.6 Å². The second-order valence-electron chi connectivity index (χ2n) is 4.42. The van der Waals surface area contributed by atoms with Crippen LogP contribution >= 0.6 is 11.3 Å². The number of anilines is 1. The maximum Gasteiger partial charge on any atom is 0.345 e. The van der Waals surface area contributed by atoms with Crippen molar-refractivity contribution in [2.45, 2.75) is 37.8 Å². The molecule has 1 aliphatic carbocycles. The van der Waals surface area contributed by atoms with Crippen LogP contribution in [0.25, 0.3) is 0 Å². The molecule has 0 saturated heterocycles. The highest BCUT2D eigenvalue weighted by Gasteiger charge is 2.24. The average molecular weight is 256 g/mol. The number of nitrogens with two attached hydrogens (primary N) is 1. The molecule has 0 aromatic carbocycles. The Bertz CT molecular complexity index is 401. The van der Waals surface area contributed by atoms with Crippen LogP contribution in [-0.4, -0.2) is 29.0 Å². The molecule has 7 heteroatoms. The van der Waals surface area contributed by atoms with E-state index in [1.807, 2.05) is 11.9 Å². The van der Waals surface area contributed by atoms with Crippen LogP contribution in [0.3, 0.4) is 0 Å². The predicted octanol–water partition coefficient (Wildman–Crippen LogP) is 1.76. The van der Waals surface area contributed by atoms with E-state index in [0.717, 1.165) is 42.2 Å². The first-order chi connectivity index (χ1) is 8.08. The van der Waals surface area contributed by atoms with Gasteiger partial charge in [-0.1, -0.05) is 0 Å². The van der Waals surface area contributed by atoms with E-state index in [-0.39, 0.29) is 5.00 Å². The number of rotatable bonds is 3. The minimum absolute atomic E-state index is 0.0966. The highest BCUT2D eigenvalue weighted by atomic mass is 32.1. The van der Waals surface area contributed by atoms with E-state index in [2.05, 4.69) is 4.98 Å². The van der Waals surface area contributed by atoms with E-state index in [9.17, 15) is 10.1 Å². The Morgan fingerprint density at radius 1 is 1.53 bits per heavy atom. The van der Waals surface area contributed by atoms with Gasteiger partial charge in [-0.3, -0.25) is 10.1 Å². The van der Waals surface area contributed by atoms with Crippen LogP contribution in [0, 0.1) is 10.1 Å². The molecule has 1 fully saturated rings. The molecular weight excluding hydrogens is 240 g/mol. The fraction of sp³-hybridized carbons (Fsp3) is 0.700. The summed E-state index contributed by atoms with van der Waals surface area (Å²) in [5, 5.41) is 11.4. The molecule has 6 nitrogen and oxygen atoms in total. The molecule has 17 heavy (non-hydrogen) atoms. The summed E-state index contributed by atoms with van der Waals surface area (Å²) in [6.45, 7) is 0. The van der Waals surface area contributed by atoms with Crippen molar-refractivity contribution >= 4 is 21.5 Å². The second-order valence-corrected chi connectivity index (χ2v) is 5.41. The number of hydrogen-bond donors (Lipinski definition) is 1. The van der Waals surface area contributed by atoms with Crippen LogP contribution in [0.4, 0.5) is 10.1 Å². The lowest BCUT2D eigenvalue weighted by molar-refractivity contribution is -0.380. The zero-order chi connectivity index (χ0) is 12.4. The Hall–Kier alpha value is -1.21. The molecule has 0 unspecified atom stereocenters. The first-order valence-electron chi connectivity index (χ1n) is 5.66. The number of aromatic nitrogens is 1. The Kier molecular flexibility index (Phi) is 3.58. The lowest BCUT2D eigenvalue weighted by atomic mass is 9.91. The van der Waals surface area contributed by atoms with E-state index in [4.69, 9.17) is 5.73 Å². The van der Waals surface area contributed by atoms with Crippen molar-refractivity contribution in [2.75, 3.05) is 11.9 Å². The molecule has 0 bridgehead atoms. The molecule has 94 valence electrons. The molecule has 0 aliphatic heterocycles. The monoisotopic (exact) mass is 256 g/mol. The van der Waals surface area contributed by atoms with Gasteiger partial charge < -0.3 is 10.6 Å². The van der Waals surface area contributed by atoms with Crippen molar-refractivity contribution in [3.63, 3.8) is 0 Å². The number of nitrogens with zero attached hydrogens (tertiary/aromatic N) is 3. The maximum absolute atomic E-state index is 10.6. The maximum atomic E-state index is 10.6. The quantitative estimate of drug-likeness (QED) is 0.658. The standard InChI is InChI=1S/C10H16N4O2S/c1-13(8-4-2-7(11)3-5-8)10-12-6-9(17-10)14(15)16/h6-8H,2-5,11H2,1H3. The van der Waals surface area contributed by atoms with Crippen molar-refractivity contribution in [3.05, 3.63) is 16.3 Å². The van der Waals surface area contributed by atoms with Gasteiger partial charge in [-0.15, -0.1) is 0 Å². The molecule has 2 N–H and O–H groups in total. The third-order valence-corrected chi connectivity index (χ3v) is 4.29. The van der Waals surface area contributed by atoms with Gasteiger partial charge in [-0.25, -0.2) is 4.98 Å². The zero-order valence-electron chi connectivity index (χ0n) is 9.70. The van der Waals surface area contributed by atoms with Gasteiger partial charge in [0.05, 0.1) is 4.92 Å². The Balaban J connectivity index is 2.03. The van der Waals surface area contributed by atoms with Crippen LogP contribution in [0.1, 0.15) is 25.7 Å². The van der Waals surface area contributed by atoms with Gasteiger partial charge in [-0.05, 0) is 37.0 Å². The molecule has 2 rings (SSSR count). The SMILES string of the molecule is CN(c1ncc([N+](=O)[O-])s1)C1CCC(N)CC1. The van der Waals surface area contributed by atoms with E-state index in [1.54, 1.807) is 0 Å². The van der Waals surface area contributed by atoms with Crippen molar-refractivity contribution in [1.82, 2.24) is 4.98 Å². The van der Waals surface area contributed by atoms with E-state index < -0.39 is 4.92 Å². The van der Waals surface area contributed by atoms with Crippen molar-refractivity contribution in [2.24, 2.45) is 5.73 Å². The van der Waals surface area contributed by atoms with Crippen LogP contribution in [-0.2, 0) is 0 Å². The molecule has 1 heterocycles. The van der Waals surface area contributed by atoms with Crippen molar-refractivity contribution < 1.29 is 4.92 Å². The van der Waals surface area contributed by atoms with Gasteiger partial charge in [0.2, 0.25) is 0 Å². The number of nitro groups is 1. The molecule has 1 aromatic heterocycles. The smallest absolute Gasteiger partial charge is 0.345 e. The van der Waals surface area contributed by atoms with E-state index >= 15 is 0 Å². The van der Waals surface area contributed by atoms with Crippen molar-refractivity contribution in [3.8, 4) is 0 Å². The summed E-state index contributed by atoms with van der Waals surface area (Å²) in [4.78, 5) is 16.3. The summed E-state index contributed by atoms with van der Waals surface area (Å²) in [6.07, 6.45) is 5.42. The normalized spacial score (nSPS) is 24.6. The predicted molar refractivity (Wildman–Crippen MR) is 67.4 cm³/mol. The minimum atomic E-state index is -0.397. The first-order valence-corrected chi connectivity index (χ1v) is 6.48. The van der Waals surface area contributed by atoms with Gasteiger partial charge in [0.1, 0.15) is 6.20 Å². The van der Waals surface area contributed by atoms with Crippen LogP contribution in [0.5, 0.6) is 0 Å². The molecule has 0 amide bonds. The molecule has 1 aromatic rings. The van der Waals surface area contributed by atoms with Crippen LogP contribution in [0.2, 0.25) is 0 Å². The Morgan fingerprint density at radius 2 is 2.18 bits per heavy atom. The highest BCUT2D eigenvalue weighted by molar-refractivity contribution is 7.18. The molecular formula is C10H16N4O2S. The summed E-state index contributed by atoms with van der Waals surface area (Å²) in [7, 11) is 1.95. The van der Waals surface area contributed by atoms with E-state index in [0.29, 0.717) is 12.1 Å². The molecule has 0 spiro atoms. The van der Waals surface area contributed by atoms with Gasteiger partial charge in [-0.2, -0.15) is 0 Å². The van der Waals surface area contributed by atoms with Gasteiger partial charge in [0.25, 0.3) is 0 Å². The number of thiazole rings is 1. The number of hydrogen-bond acceptors (Lipinski definition) is 6. The lowest BCUT2D eigenvalue weighted by Crippen LogP contribution is -2.38. The second kappa shape index (κ2) is 4.97. The Labute approximate surface area is 104 Å². The lowest BCUT2D eigenvalue weighted by Gasteiger charge is -2.33. The van der Waals surface area contributed by atoms with Crippen LogP contribution in [0.15, 0.2) is 6.20 Å². The van der Waals surface area contributed by atoms with Gasteiger partial charge in [0, 0.05) is 19.1 Å². The summed E-state index contributed by atoms with van der Waals surface area (Å²) in [5.41, 5.74) is 5.86. The topological polar surface area (TPSA) is 85.3 Å². The van der Waals surface area contributed by atoms with Gasteiger partial charge >= 0.3 is 5.00 Å². The average Bonchev–Trinajstić information content (AvgIpc) is 2.78. The highest BCUT2D eigenvalue weighted by Crippen LogP contribution is 2.31.